The largest absolute Gasteiger partial charge is 0.389 e. The van der Waals surface area contributed by atoms with E-state index in [-0.39, 0.29) is 0 Å². The molecule has 0 aromatic rings. The van der Waals surface area contributed by atoms with Gasteiger partial charge in [-0.1, -0.05) is 13.3 Å². The summed E-state index contributed by atoms with van der Waals surface area (Å²) < 4.78 is 0. The van der Waals surface area contributed by atoms with Gasteiger partial charge in [-0.25, -0.2) is 0 Å². The number of hydrogen-bond acceptors (Lipinski definition) is 3. The third-order valence-corrected chi connectivity index (χ3v) is 4.16. The van der Waals surface area contributed by atoms with Crippen molar-refractivity contribution in [2.45, 2.75) is 44.6 Å². The zero-order chi connectivity index (χ0) is 11.1. The van der Waals surface area contributed by atoms with Crippen LogP contribution in [0.5, 0.6) is 0 Å². The van der Waals surface area contributed by atoms with E-state index in [0.717, 1.165) is 37.6 Å². The first-order valence-corrected chi connectivity index (χ1v) is 7.51. The second kappa shape index (κ2) is 6.77. The summed E-state index contributed by atoms with van der Waals surface area (Å²) >= 11 is 1.85. The Morgan fingerprint density at radius 1 is 1.40 bits per heavy atom. The molecule has 0 aromatic carbocycles. The number of nitrogens with one attached hydrogen (secondary N) is 1. The Balaban J connectivity index is 2.17. The fourth-order valence-electron chi connectivity index (χ4n) is 2.30. The van der Waals surface area contributed by atoms with E-state index in [2.05, 4.69) is 18.5 Å². The molecule has 1 aliphatic rings. The number of thioether (sulfide) groups is 1. The Morgan fingerprint density at radius 2 is 2.07 bits per heavy atom. The van der Waals surface area contributed by atoms with Crippen LogP contribution in [0.2, 0.25) is 0 Å². The first-order chi connectivity index (χ1) is 7.20. The smallest absolute Gasteiger partial charge is 0.0771 e. The third-order valence-electron chi connectivity index (χ3n) is 3.55. The summed E-state index contributed by atoms with van der Waals surface area (Å²) in [7, 11) is 0. The number of hydrogen-bond donors (Lipinski definition) is 2. The molecule has 1 aliphatic carbocycles. The van der Waals surface area contributed by atoms with Gasteiger partial charge in [-0.15, -0.1) is 0 Å². The van der Waals surface area contributed by atoms with Crippen molar-refractivity contribution in [3.8, 4) is 0 Å². The first-order valence-electron chi connectivity index (χ1n) is 6.12. The maximum atomic E-state index is 10.3. The summed E-state index contributed by atoms with van der Waals surface area (Å²) in [5.41, 5.74) is -0.413. The maximum absolute atomic E-state index is 10.3. The van der Waals surface area contributed by atoms with Crippen molar-refractivity contribution in [2.75, 3.05) is 25.1 Å². The summed E-state index contributed by atoms with van der Waals surface area (Å²) in [6, 6.07) is 0. The van der Waals surface area contributed by atoms with Crippen LogP contribution in [0, 0.1) is 5.92 Å². The van der Waals surface area contributed by atoms with E-state index in [4.69, 9.17) is 0 Å². The average Bonchev–Trinajstić information content (AvgIpc) is 2.26. The molecule has 0 bridgehead atoms. The van der Waals surface area contributed by atoms with Crippen LogP contribution in [0.15, 0.2) is 0 Å². The number of rotatable bonds is 6. The van der Waals surface area contributed by atoms with E-state index in [1.165, 1.54) is 19.3 Å². The lowest BCUT2D eigenvalue weighted by molar-refractivity contribution is -0.00809. The van der Waals surface area contributed by atoms with Gasteiger partial charge in [0.1, 0.15) is 0 Å². The Morgan fingerprint density at radius 3 is 2.60 bits per heavy atom. The highest BCUT2D eigenvalue weighted by molar-refractivity contribution is 7.98. The highest BCUT2D eigenvalue weighted by atomic mass is 32.2. The molecule has 0 radical (unpaired) electrons. The number of aliphatic hydroxyl groups is 1. The van der Waals surface area contributed by atoms with Crippen molar-refractivity contribution in [1.82, 2.24) is 5.32 Å². The van der Waals surface area contributed by atoms with E-state index in [0.29, 0.717) is 0 Å². The van der Waals surface area contributed by atoms with Crippen LogP contribution in [-0.4, -0.2) is 35.8 Å². The minimum atomic E-state index is -0.413. The minimum Gasteiger partial charge on any atom is -0.389 e. The second-order valence-electron chi connectivity index (χ2n) is 4.75. The summed E-state index contributed by atoms with van der Waals surface area (Å²) in [4.78, 5) is 0. The standard InChI is InChI=1S/C12H25NOS/c1-3-11-4-6-12(14,7-5-11)10-13-8-9-15-2/h11,13-14H,3-10H2,1-2H3. The zero-order valence-electron chi connectivity index (χ0n) is 10.1. The van der Waals surface area contributed by atoms with E-state index in [9.17, 15) is 5.11 Å². The Kier molecular flexibility index (Phi) is 6.02. The van der Waals surface area contributed by atoms with Crippen LogP contribution >= 0.6 is 11.8 Å². The van der Waals surface area contributed by atoms with Gasteiger partial charge < -0.3 is 10.4 Å². The lowest BCUT2D eigenvalue weighted by Crippen LogP contribution is -2.44. The molecular formula is C12H25NOS. The zero-order valence-corrected chi connectivity index (χ0v) is 10.9. The van der Waals surface area contributed by atoms with Gasteiger partial charge in [-0.05, 0) is 37.9 Å². The molecule has 0 atom stereocenters. The monoisotopic (exact) mass is 231 g/mol. The van der Waals surface area contributed by atoms with Crippen molar-refractivity contribution in [1.29, 1.82) is 0 Å². The van der Waals surface area contributed by atoms with E-state index in [1.807, 2.05) is 11.8 Å². The highest BCUT2D eigenvalue weighted by Gasteiger charge is 2.31. The van der Waals surface area contributed by atoms with Gasteiger partial charge in [-0.3, -0.25) is 0 Å². The van der Waals surface area contributed by atoms with Gasteiger partial charge in [-0.2, -0.15) is 11.8 Å². The fraction of sp³-hybridized carbons (Fsp3) is 1.00. The van der Waals surface area contributed by atoms with Crippen LogP contribution in [0.3, 0.4) is 0 Å². The molecule has 0 amide bonds. The summed E-state index contributed by atoms with van der Waals surface area (Å²) in [5, 5.41) is 13.7. The van der Waals surface area contributed by atoms with Gasteiger partial charge in [0.05, 0.1) is 5.60 Å². The molecule has 15 heavy (non-hydrogen) atoms. The SMILES string of the molecule is CCC1CCC(O)(CNCCSC)CC1. The lowest BCUT2D eigenvalue weighted by atomic mass is 9.78. The molecule has 2 N–H and O–H groups in total. The van der Waals surface area contributed by atoms with Crippen LogP contribution in [-0.2, 0) is 0 Å². The van der Waals surface area contributed by atoms with Crippen LogP contribution in [0.1, 0.15) is 39.0 Å². The molecule has 1 fully saturated rings. The van der Waals surface area contributed by atoms with Crippen molar-refractivity contribution in [3.05, 3.63) is 0 Å². The van der Waals surface area contributed by atoms with Crippen LogP contribution < -0.4 is 5.32 Å². The molecule has 1 saturated carbocycles. The van der Waals surface area contributed by atoms with E-state index < -0.39 is 5.60 Å². The molecule has 0 saturated heterocycles. The van der Waals surface area contributed by atoms with Gasteiger partial charge in [0.25, 0.3) is 0 Å². The van der Waals surface area contributed by atoms with Gasteiger partial charge in [0, 0.05) is 18.8 Å². The average molecular weight is 231 g/mol. The predicted octanol–water partition coefficient (Wildman–Crippen LogP) is 2.27. The van der Waals surface area contributed by atoms with Crippen molar-refractivity contribution in [2.24, 2.45) is 5.92 Å². The maximum Gasteiger partial charge on any atom is 0.0771 e. The van der Waals surface area contributed by atoms with Gasteiger partial charge in [0.2, 0.25) is 0 Å². The summed E-state index contributed by atoms with van der Waals surface area (Å²) in [6.45, 7) is 4.05. The lowest BCUT2D eigenvalue weighted by Gasteiger charge is -2.36. The van der Waals surface area contributed by atoms with Gasteiger partial charge in [0.15, 0.2) is 0 Å². The van der Waals surface area contributed by atoms with Gasteiger partial charge >= 0.3 is 0 Å². The molecule has 2 nitrogen and oxygen atoms in total. The van der Waals surface area contributed by atoms with Crippen LogP contribution in [0.4, 0.5) is 0 Å². The molecule has 0 spiro atoms. The minimum absolute atomic E-state index is 0.413. The highest BCUT2D eigenvalue weighted by Crippen LogP contribution is 2.33. The molecule has 1 rings (SSSR count). The molecular weight excluding hydrogens is 206 g/mol. The molecule has 90 valence electrons. The third kappa shape index (κ3) is 4.75. The summed E-state index contributed by atoms with van der Waals surface area (Å²) in [5.74, 6) is 1.99. The predicted molar refractivity (Wildman–Crippen MR) is 68.5 cm³/mol. The van der Waals surface area contributed by atoms with Crippen LogP contribution in [0.25, 0.3) is 0 Å². The molecule has 0 unspecified atom stereocenters. The normalized spacial score (nSPS) is 31.8. The van der Waals surface area contributed by atoms with Crippen molar-refractivity contribution in [3.63, 3.8) is 0 Å². The first kappa shape index (κ1) is 13.3. The molecule has 3 heteroatoms. The second-order valence-corrected chi connectivity index (χ2v) is 5.73. The molecule has 0 aliphatic heterocycles. The van der Waals surface area contributed by atoms with E-state index >= 15 is 0 Å². The quantitative estimate of drug-likeness (QED) is 0.688. The van der Waals surface area contributed by atoms with E-state index in [1.54, 1.807) is 0 Å². The Bertz CT molecular complexity index is 167. The molecule has 0 aromatic heterocycles. The van der Waals surface area contributed by atoms with Crippen molar-refractivity contribution < 1.29 is 5.11 Å². The topological polar surface area (TPSA) is 32.3 Å². The summed E-state index contributed by atoms with van der Waals surface area (Å²) in [6.07, 6.45) is 7.77. The Labute approximate surface area is 98.2 Å². The fourth-order valence-corrected chi connectivity index (χ4v) is 2.64. The Hall–Kier alpha value is 0.270. The molecule has 0 heterocycles. The van der Waals surface area contributed by atoms with Crippen molar-refractivity contribution >= 4 is 11.8 Å².